The monoisotopic (exact) mass is 592 g/mol. The van der Waals surface area contributed by atoms with Gasteiger partial charge < -0.3 is 20.0 Å². The molecule has 2 atom stereocenters. The van der Waals surface area contributed by atoms with Crippen LogP contribution in [0.4, 0.5) is 11.4 Å². The van der Waals surface area contributed by atoms with Crippen LogP contribution >= 0.6 is 0 Å². The Morgan fingerprint density at radius 1 is 0.600 bits per heavy atom. The van der Waals surface area contributed by atoms with E-state index in [2.05, 4.69) is 12.1 Å². The molecular formula is C37H28N4O4. The molecular weight excluding hydrogens is 564 g/mol. The maximum atomic E-state index is 12.9. The molecule has 6 rings (SSSR count). The Bertz CT molecular complexity index is 1850. The molecule has 8 nitrogen and oxygen atoms in total. The summed E-state index contributed by atoms with van der Waals surface area (Å²) in [5.74, 6) is -2.59. The van der Waals surface area contributed by atoms with Crippen molar-refractivity contribution in [2.45, 2.75) is 30.3 Å². The van der Waals surface area contributed by atoms with E-state index in [0.29, 0.717) is 45.0 Å². The van der Waals surface area contributed by atoms with E-state index in [-0.39, 0.29) is 0 Å². The summed E-state index contributed by atoms with van der Waals surface area (Å²) >= 11 is 0. The first-order chi connectivity index (χ1) is 21.6. The number of rotatable bonds is 6. The van der Waals surface area contributed by atoms with Crippen molar-refractivity contribution >= 4 is 34.7 Å². The van der Waals surface area contributed by atoms with E-state index >= 15 is 0 Å². The Morgan fingerprint density at radius 3 is 1.27 bits per heavy atom. The summed E-state index contributed by atoms with van der Waals surface area (Å²) in [6, 6.07) is 36.6. The van der Waals surface area contributed by atoms with Gasteiger partial charge in [0.05, 0.1) is 12.1 Å². The molecule has 0 fully saturated rings. The smallest absolute Gasteiger partial charge is 0.332 e. The van der Waals surface area contributed by atoms with Crippen molar-refractivity contribution in [3.63, 3.8) is 0 Å². The summed E-state index contributed by atoms with van der Waals surface area (Å²) in [5, 5.41) is 41.8. The molecule has 2 unspecified atom stereocenters. The minimum atomic E-state index is -1.97. The first-order valence-electron chi connectivity index (χ1n) is 14.3. The fraction of sp³-hybridized carbons (Fsp3) is 0.135. The lowest BCUT2D eigenvalue weighted by Crippen LogP contribution is -2.59. The first-order valence-corrected chi connectivity index (χ1v) is 14.3. The number of hydrogen-bond donors (Lipinski definition) is 2. The van der Waals surface area contributed by atoms with Crippen LogP contribution in [0.3, 0.4) is 0 Å². The summed E-state index contributed by atoms with van der Waals surface area (Å²) in [5.41, 5.74) is -1.04. The second kappa shape index (κ2) is 10.6. The Labute approximate surface area is 260 Å². The van der Waals surface area contributed by atoms with Crippen molar-refractivity contribution in [2.75, 3.05) is 9.80 Å². The molecule has 0 aliphatic carbocycles. The molecule has 4 aromatic rings. The average molecular weight is 593 g/mol. The lowest BCUT2D eigenvalue weighted by Gasteiger charge is -2.54. The van der Waals surface area contributed by atoms with Crippen LogP contribution in [0.15, 0.2) is 121 Å². The van der Waals surface area contributed by atoms with Gasteiger partial charge in [0.25, 0.3) is 0 Å². The lowest BCUT2D eigenvalue weighted by molar-refractivity contribution is -0.140. The van der Waals surface area contributed by atoms with Crippen LogP contribution in [0.2, 0.25) is 0 Å². The van der Waals surface area contributed by atoms with Gasteiger partial charge in [-0.1, -0.05) is 97.1 Å². The van der Waals surface area contributed by atoms with E-state index in [9.17, 15) is 30.3 Å². The number of carboxylic acids is 2. The van der Waals surface area contributed by atoms with Gasteiger partial charge in [0.2, 0.25) is 10.8 Å². The normalized spacial score (nSPS) is 20.4. The number of nitrogens with zero attached hydrogens (tertiary/aromatic N) is 4. The van der Waals surface area contributed by atoms with E-state index in [0.717, 1.165) is 0 Å². The van der Waals surface area contributed by atoms with Crippen LogP contribution in [0.25, 0.3) is 11.4 Å². The van der Waals surface area contributed by atoms with Crippen LogP contribution in [0.1, 0.15) is 36.1 Å². The van der Waals surface area contributed by atoms with Gasteiger partial charge in [0, 0.05) is 33.9 Å². The van der Waals surface area contributed by atoms with Crippen LogP contribution < -0.4 is 9.80 Å². The van der Waals surface area contributed by atoms with Gasteiger partial charge in [-0.15, -0.1) is 0 Å². The molecule has 8 heteroatoms. The van der Waals surface area contributed by atoms with E-state index < -0.39 is 28.4 Å². The van der Waals surface area contributed by atoms with Gasteiger partial charge in [-0.05, 0) is 49.3 Å². The van der Waals surface area contributed by atoms with E-state index in [1.165, 1.54) is 12.2 Å². The minimum Gasteiger partial charge on any atom is -0.480 e. The van der Waals surface area contributed by atoms with Crippen LogP contribution in [0, 0.1) is 22.7 Å². The highest BCUT2D eigenvalue weighted by molar-refractivity contribution is 6.02. The lowest BCUT2D eigenvalue weighted by atomic mass is 9.74. The van der Waals surface area contributed by atoms with E-state index in [4.69, 9.17) is 0 Å². The highest BCUT2D eigenvalue weighted by atomic mass is 16.4. The first kappa shape index (κ1) is 29.0. The third kappa shape index (κ3) is 4.19. The Kier molecular flexibility index (Phi) is 6.79. The molecule has 4 aromatic carbocycles. The predicted molar refractivity (Wildman–Crippen MR) is 171 cm³/mol. The summed E-state index contributed by atoms with van der Waals surface area (Å²) < 4.78 is 0. The van der Waals surface area contributed by atoms with Gasteiger partial charge >= 0.3 is 11.9 Å². The second-order valence-electron chi connectivity index (χ2n) is 11.4. The average Bonchev–Trinajstić information content (AvgIpc) is 3.07. The number of anilines is 2. The largest absolute Gasteiger partial charge is 0.480 e. The Hall–Kier alpha value is -6.12. The number of benzene rings is 4. The molecule has 2 heterocycles. The number of carboxylic acid groups (broad SMARTS) is 2. The number of aliphatic carboxylic acids is 2. The van der Waals surface area contributed by atoms with Crippen molar-refractivity contribution in [3.05, 3.63) is 144 Å². The summed E-state index contributed by atoms with van der Waals surface area (Å²) in [7, 11) is 0. The van der Waals surface area contributed by atoms with E-state index in [1.54, 1.807) is 48.5 Å². The van der Waals surface area contributed by atoms with Crippen molar-refractivity contribution in [1.29, 1.82) is 10.5 Å². The SMILES string of the molecule is CC(C)(N1C(c2ccccc2)=CC(C#N)(C(=O)O)c2ccccc21)N1C(c2ccccc2)=CC(C#N)(C(=O)O)c2ccccc21. The Balaban J connectivity index is 1.71. The van der Waals surface area contributed by atoms with Gasteiger partial charge in [-0.3, -0.25) is 0 Å². The zero-order valence-electron chi connectivity index (χ0n) is 24.5. The highest BCUT2D eigenvalue weighted by Gasteiger charge is 2.53. The van der Waals surface area contributed by atoms with E-state index in [1.807, 2.05) is 84.3 Å². The number of carbonyl (C=O) groups is 2. The minimum absolute atomic E-state index is 0.306. The molecule has 0 amide bonds. The quantitative estimate of drug-likeness (QED) is 0.258. The topological polar surface area (TPSA) is 129 Å². The molecule has 2 N–H and O–H groups in total. The molecule has 2 aliphatic heterocycles. The molecule has 0 radical (unpaired) electrons. The van der Waals surface area contributed by atoms with Gasteiger partial charge in [-0.25, -0.2) is 9.59 Å². The van der Waals surface area contributed by atoms with Crippen molar-refractivity contribution < 1.29 is 19.8 Å². The molecule has 0 aromatic heterocycles. The maximum Gasteiger partial charge on any atom is 0.332 e. The molecule has 0 saturated carbocycles. The van der Waals surface area contributed by atoms with Crippen LogP contribution in [-0.2, 0) is 20.4 Å². The summed E-state index contributed by atoms with van der Waals surface area (Å²) in [6.45, 7) is 3.91. The highest BCUT2D eigenvalue weighted by Crippen LogP contribution is 2.52. The fourth-order valence-electron chi connectivity index (χ4n) is 6.51. The van der Waals surface area contributed by atoms with Crippen molar-refractivity contribution in [1.82, 2.24) is 0 Å². The molecule has 45 heavy (non-hydrogen) atoms. The number of fused-ring (bicyclic) bond motifs is 2. The van der Waals surface area contributed by atoms with Crippen molar-refractivity contribution in [2.24, 2.45) is 0 Å². The Morgan fingerprint density at radius 2 is 0.933 bits per heavy atom. The molecule has 2 aliphatic rings. The summed E-state index contributed by atoms with van der Waals surface area (Å²) in [4.78, 5) is 29.7. The zero-order valence-corrected chi connectivity index (χ0v) is 24.5. The number of hydrogen-bond acceptors (Lipinski definition) is 6. The van der Waals surface area contributed by atoms with Gasteiger partial charge in [0.15, 0.2) is 0 Å². The second-order valence-corrected chi connectivity index (χ2v) is 11.4. The molecule has 0 saturated heterocycles. The third-order valence-corrected chi connectivity index (χ3v) is 8.59. The van der Waals surface area contributed by atoms with Gasteiger partial charge in [-0.2, -0.15) is 10.5 Å². The van der Waals surface area contributed by atoms with Gasteiger partial charge in [0.1, 0.15) is 5.66 Å². The van der Waals surface area contributed by atoms with Crippen LogP contribution in [0.5, 0.6) is 0 Å². The number of nitriles is 2. The molecule has 0 bridgehead atoms. The maximum absolute atomic E-state index is 12.9. The molecule has 0 spiro atoms. The zero-order chi connectivity index (χ0) is 32.0. The van der Waals surface area contributed by atoms with Crippen LogP contribution in [-0.4, -0.2) is 27.8 Å². The predicted octanol–water partition coefficient (Wildman–Crippen LogP) is 6.54. The van der Waals surface area contributed by atoms with Crippen molar-refractivity contribution in [3.8, 4) is 12.1 Å². The molecule has 220 valence electrons. The standard InChI is InChI=1S/C37H28N4O4/c1-35(2,40-29-19-11-9-17-27(29)36(23-38,33(42)43)21-31(40)25-13-5-3-6-14-25)41-30-20-12-10-18-28(30)37(24-39,34(44)45)22-32(41)26-15-7-4-8-16-26/h3-22H,1-2H3,(H,42,43)(H,44,45). The third-order valence-electron chi connectivity index (χ3n) is 8.59. The fourth-order valence-corrected chi connectivity index (χ4v) is 6.51. The summed E-state index contributed by atoms with van der Waals surface area (Å²) in [6.07, 6.45) is 2.99. The number of para-hydroxylation sites is 2.